The molecule has 2 aromatic carbocycles. The summed E-state index contributed by atoms with van der Waals surface area (Å²) >= 11 is 9.56. The van der Waals surface area contributed by atoms with Crippen molar-refractivity contribution in [2.45, 2.75) is 6.04 Å². The summed E-state index contributed by atoms with van der Waals surface area (Å²) < 4.78 is 27.4. The molecule has 1 unspecified atom stereocenters. The molecule has 0 saturated carbocycles. The fourth-order valence-electron chi connectivity index (χ4n) is 1.99. The standard InChI is InChI=1S/C14H11BrClF2N/c1-19-14(8-5-9(17)7-10(18)6-8)11-3-2-4-12(15)13(11)16/h2-7,14,19H,1H3. The van der Waals surface area contributed by atoms with Crippen LogP contribution in [0.1, 0.15) is 17.2 Å². The van der Waals surface area contributed by atoms with Crippen LogP contribution in [-0.4, -0.2) is 7.05 Å². The molecule has 0 bridgehead atoms. The maximum Gasteiger partial charge on any atom is 0.126 e. The number of rotatable bonds is 3. The molecule has 0 saturated heterocycles. The lowest BCUT2D eigenvalue weighted by atomic mass is 9.98. The van der Waals surface area contributed by atoms with Crippen LogP contribution in [0.15, 0.2) is 40.9 Å². The SMILES string of the molecule is CNC(c1cc(F)cc(F)c1)c1cccc(Br)c1Cl. The zero-order valence-corrected chi connectivity index (χ0v) is 12.4. The van der Waals surface area contributed by atoms with Crippen LogP contribution < -0.4 is 5.32 Å². The molecule has 5 heteroatoms. The lowest BCUT2D eigenvalue weighted by Crippen LogP contribution is -2.18. The Kier molecular flexibility index (Phi) is 4.55. The third kappa shape index (κ3) is 3.14. The van der Waals surface area contributed by atoms with Gasteiger partial charge in [0.15, 0.2) is 0 Å². The van der Waals surface area contributed by atoms with Gasteiger partial charge < -0.3 is 5.32 Å². The van der Waals surface area contributed by atoms with Gasteiger partial charge in [-0.2, -0.15) is 0 Å². The van der Waals surface area contributed by atoms with Crippen molar-refractivity contribution in [1.82, 2.24) is 5.32 Å². The highest BCUT2D eigenvalue weighted by atomic mass is 79.9. The molecule has 0 spiro atoms. The Labute approximate surface area is 123 Å². The van der Waals surface area contributed by atoms with E-state index in [2.05, 4.69) is 21.2 Å². The van der Waals surface area contributed by atoms with E-state index >= 15 is 0 Å². The summed E-state index contributed by atoms with van der Waals surface area (Å²) in [5.41, 5.74) is 1.24. The van der Waals surface area contributed by atoms with Crippen LogP contribution in [0.2, 0.25) is 5.02 Å². The van der Waals surface area contributed by atoms with Crippen molar-refractivity contribution in [3.63, 3.8) is 0 Å². The molecule has 0 aliphatic rings. The molecular formula is C14H11BrClF2N. The van der Waals surface area contributed by atoms with Crippen molar-refractivity contribution in [3.05, 3.63) is 68.7 Å². The van der Waals surface area contributed by atoms with Gasteiger partial charge in [0.1, 0.15) is 11.6 Å². The Morgan fingerprint density at radius 2 is 1.79 bits per heavy atom. The van der Waals surface area contributed by atoms with Gasteiger partial charge in [-0.3, -0.25) is 0 Å². The lowest BCUT2D eigenvalue weighted by molar-refractivity contribution is 0.571. The summed E-state index contributed by atoms with van der Waals surface area (Å²) in [5, 5.41) is 3.54. The smallest absolute Gasteiger partial charge is 0.126 e. The van der Waals surface area contributed by atoms with Crippen LogP contribution in [0.4, 0.5) is 8.78 Å². The third-order valence-electron chi connectivity index (χ3n) is 2.80. The van der Waals surface area contributed by atoms with Crippen LogP contribution in [0.5, 0.6) is 0 Å². The second-order valence-corrected chi connectivity index (χ2v) is 5.30. The van der Waals surface area contributed by atoms with Gasteiger partial charge in [-0.05, 0) is 52.3 Å². The topological polar surface area (TPSA) is 12.0 Å². The fraction of sp³-hybridized carbons (Fsp3) is 0.143. The van der Waals surface area contributed by atoms with E-state index in [0.29, 0.717) is 10.6 Å². The van der Waals surface area contributed by atoms with Crippen molar-refractivity contribution in [3.8, 4) is 0 Å². The highest BCUT2D eigenvalue weighted by molar-refractivity contribution is 9.10. The van der Waals surface area contributed by atoms with E-state index in [9.17, 15) is 8.78 Å². The maximum absolute atomic E-state index is 13.3. The molecule has 2 aromatic rings. The van der Waals surface area contributed by atoms with Crippen LogP contribution >= 0.6 is 27.5 Å². The Morgan fingerprint density at radius 3 is 2.37 bits per heavy atom. The first kappa shape index (κ1) is 14.4. The molecule has 0 aliphatic heterocycles. The molecule has 0 amide bonds. The molecule has 1 nitrogen and oxygen atoms in total. The maximum atomic E-state index is 13.3. The van der Waals surface area contributed by atoms with Gasteiger partial charge in [0.2, 0.25) is 0 Å². The predicted molar refractivity (Wildman–Crippen MR) is 76.4 cm³/mol. The minimum atomic E-state index is -0.610. The van der Waals surface area contributed by atoms with Gasteiger partial charge >= 0.3 is 0 Å². The van der Waals surface area contributed by atoms with Gasteiger partial charge in [-0.25, -0.2) is 8.78 Å². The summed E-state index contributed by atoms with van der Waals surface area (Å²) in [5.74, 6) is -1.22. The van der Waals surface area contributed by atoms with Crippen LogP contribution in [0.25, 0.3) is 0 Å². The van der Waals surface area contributed by atoms with Crippen molar-refractivity contribution >= 4 is 27.5 Å². The zero-order valence-electron chi connectivity index (χ0n) is 10.1. The van der Waals surface area contributed by atoms with E-state index in [-0.39, 0.29) is 6.04 Å². The van der Waals surface area contributed by atoms with Crippen LogP contribution in [0, 0.1) is 11.6 Å². The van der Waals surface area contributed by atoms with E-state index in [0.717, 1.165) is 16.1 Å². The Balaban J connectivity index is 2.53. The van der Waals surface area contributed by atoms with E-state index < -0.39 is 11.6 Å². The van der Waals surface area contributed by atoms with E-state index in [1.165, 1.54) is 12.1 Å². The Morgan fingerprint density at radius 1 is 1.16 bits per heavy atom. The van der Waals surface area contributed by atoms with E-state index in [1.807, 2.05) is 18.2 Å². The third-order valence-corrected chi connectivity index (χ3v) is 4.11. The van der Waals surface area contributed by atoms with Crippen molar-refractivity contribution in [2.24, 2.45) is 0 Å². The van der Waals surface area contributed by atoms with Gasteiger partial charge in [0, 0.05) is 10.5 Å². The van der Waals surface area contributed by atoms with Crippen LogP contribution in [0.3, 0.4) is 0 Å². The van der Waals surface area contributed by atoms with Crippen LogP contribution in [-0.2, 0) is 0 Å². The van der Waals surface area contributed by atoms with Crippen molar-refractivity contribution in [2.75, 3.05) is 7.05 Å². The van der Waals surface area contributed by atoms with Gasteiger partial charge in [-0.1, -0.05) is 23.7 Å². The number of hydrogen-bond acceptors (Lipinski definition) is 1. The normalized spacial score (nSPS) is 12.5. The van der Waals surface area contributed by atoms with Gasteiger partial charge in [0.05, 0.1) is 11.1 Å². The predicted octanol–water partition coefficient (Wildman–Crippen LogP) is 4.69. The average molecular weight is 347 g/mol. The van der Waals surface area contributed by atoms with Gasteiger partial charge in [-0.15, -0.1) is 0 Å². The number of hydrogen-bond donors (Lipinski definition) is 1. The summed E-state index contributed by atoms with van der Waals surface area (Å²) in [4.78, 5) is 0. The molecule has 0 aromatic heterocycles. The van der Waals surface area contributed by atoms with Crippen molar-refractivity contribution < 1.29 is 8.78 Å². The second kappa shape index (κ2) is 5.99. The number of nitrogens with one attached hydrogen (secondary N) is 1. The first-order chi connectivity index (χ1) is 9.02. The quantitative estimate of drug-likeness (QED) is 0.850. The monoisotopic (exact) mass is 345 g/mol. The van der Waals surface area contributed by atoms with E-state index in [1.54, 1.807) is 7.05 Å². The van der Waals surface area contributed by atoms with Gasteiger partial charge in [0.25, 0.3) is 0 Å². The molecule has 0 heterocycles. The largest absolute Gasteiger partial charge is 0.309 e. The Bertz CT molecular complexity index is 584. The highest BCUT2D eigenvalue weighted by Gasteiger charge is 2.18. The number of halogens is 4. The molecule has 19 heavy (non-hydrogen) atoms. The molecule has 1 N–H and O–H groups in total. The first-order valence-electron chi connectivity index (χ1n) is 5.60. The average Bonchev–Trinajstić information content (AvgIpc) is 2.34. The first-order valence-corrected chi connectivity index (χ1v) is 6.77. The minimum Gasteiger partial charge on any atom is -0.309 e. The Hall–Kier alpha value is -0.970. The highest BCUT2D eigenvalue weighted by Crippen LogP contribution is 2.33. The molecule has 0 fully saturated rings. The minimum absolute atomic E-state index is 0.379. The molecule has 1 atom stereocenters. The lowest BCUT2D eigenvalue weighted by Gasteiger charge is -2.19. The van der Waals surface area contributed by atoms with E-state index in [4.69, 9.17) is 11.6 Å². The summed E-state index contributed by atoms with van der Waals surface area (Å²) in [6.07, 6.45) is 0. The fourth-order valence-corrected chi connectivity index (χ4v) is 2.60. The molecule has 2 rings (SSSR count). The molecule has 0 aliphatic carbocycles. The number of benzene rings is 2. The summed E-state index contributed by atoms with van der Waals surface area (Å²) in [6.45, 7) is 0. The molecule has 0 radical (unpaired) electrons. The molecular weight excluding hydrogens is 336 g/mol. The summed E-state index contributed by atoms with van der Waals surface area (Å²) in [6, 6.07) is 8.50. The zero-order chi connectivity index (χ0) is 14.0. The second-order valence-electron chi connectivity index (χ2n) is 4.07. The molecule has 100 valence electrons. The summed E-state index contributed by atoms with van der Waals surface area (Å²) in [7, 11) is 1.71. The van der Waals surface area contributed by atoms with Crippen molar-refractivity contribution in [1.29, 1.82) is 0 Å².